The van der Waals surface area contributed by atoms with E-state index in [-0.39, 0.29) is 42.2 Å². The van der Waals surface area contributed by atoms with E-state index in [0.29, 0.717) is 37.7 Å². The van der Waals surface area contributed by atoms with Gasteiger partial charge in [0.25, 0.3) is 0 Å². The quantitative estimate of drug-likeness (QED) is 0.273. The van der Waals surface area contributed by atoms with Crippen LogP contribution in [0.15, 0.2) is 47.6 Å². The van der Waals surface area contributed by atoms with E-state index in [1.54, 1.807) is 18.2 Å². The maximum Gasteiger partial charge on any atom is 0.422 e. The van der Waals surface area contributed by atoms with Gasteiger partial charge in [0, 0.05) is 44.1 Å². The van der Waals surface area contributed by atoms with Crippen molar-refractivity contribution in [2.45, 2.75) is 12.7 Å². The van der Waals surface area contributed by atoms with E-state index < -0.39 is 12.8 Å². The lowest BCUT2D eigenvalue weighted by Gasteiger charge is -2.36. The normalized spacial score (nSPS) is 15.0. The lowest BCUT2D eigenvalue weighted by Crippen LogP contribution is -2.51. The van der Waals surface area contributed by atoms with Gasteiger partial charge in [-0.15, -0.1) is 24.0 Å². The minimum atomic E-state index is -4.42. The Kier molecular flexibility index (Phi) is 8.50. The highest BCUT2D eigenvalue weighted by Crippen LogP contribution is 2.19. The number of hydrogen-bond acceptors (Lipinski definition) is 4. The van der Waals surface area contributed by atoms with E-state index in [4.69, 9.17) is 5.73 Å². The van der Waals surface area contributed by atoms with Crippen LogP contribution in [0.1, 0.15) is 5.56 Å². The molecule has 0 bridgehead atoms. The molecule has 0 aliphatic carbocycles. The van der Waals surface area contributed by atoms with Crippen LogP contribution < -0.4 is 15.4 Å². The lowest BCUT2D eigenvalue weighted by molar-refractivity contribution is -0.154. The number of hydrogen-bond donors (Lipinski definition) is 1. The van der Waals surface area contributed by atoms with Crippen molar-refractivity contribution in [3.8, 4) is 5.88 Å². The van der Waals surface area contributed by atoms with E-state index in [1.165, 1.54) is 24.4 Å². The van der Waals surface area contributed by atoms with Gasteiger partial charge in [0.1, 0.15) is 5.82 Å². The highest BCUT2D eigenvalue weighted by molar-refractivity contribution is 14.0. The number of aromatic nitrogens is 1. The van der Waals surface area contributed by atoms with E-state index >= 15 is 0 Å². The molecule has 11 heteroatoms. The van der Waals surface area contributed by atoms with Crippen molar-refractivity contribution in [3.63, 3.8) is 0 Å². The van der Waals surface area contributed by atoms with Gasteiger partial charge in [-0.3, -0.25) is 0 Å². The van der Waals surface area contributed by atoms with Crippen LogP contribution in [0.5, 0.6) is 5.88 Å². The number of benzene rings is 1. The van der Waals surface area contributed by atoms with Gasteiger partial charge >= 0.3 is 6.18 Å². The number of nitrogens with zero attached hydrogens (tertiary/aromatic N) is 4. The third-order valence-corrected chi connectivity index (χ3v) is 4.40. The maximum absolute atomic E-state index is 13.0. The number of aliphatic imine (C=N–C) groups is 1. The van der Waals surface area contributed by atoms with Crippen molar-refractivity contribution >= 4 is 35.6 Å². The van der Waals surface area contributed by atoms with Crippen LogP contribution in [0.4, 0.5) is 23.2 Å². The van der Waals surface area contributed by atoms with E-state index in [2.05, 4.69) is 19.6 Å². The topological polar surface area (TPSA) is 67.0 Å². The molecule has 0 saturated carbocycles. The molecule has 30 heavy (non-hydrogen) atoms. The van der Waals surface area contributed by atoms with E-state index in [1.807, 2.05) is 4.90 Å². The standard InChI is InChI=1S/C19H21F4N5O.HI/c20-15-1-3-16(4-2-15)27-7-9-28(10-8-27)18(24)26-12-14-5-6-25-17(11-14)29-13-19(21,22)23;/h1-6,11H,7-10,12-13H2,(H2,24,26);1H. The Morgan fingerprint density at radius 2 is 1.77 bits per heavy atom. The molecule has 0 spiro atoms. The molecule has 0 radical (unpaired) electrons. The Morgan fingerprint density at radius 3 is 2.40 bits per heavy atom. The summed E-state index contributed by atoms with van der Waals surface area (Å²) in [5.41, 5.74) is 7.66. The fraction of sp³-hybridized carbons (Fsp3) is 0.368. The molecule has 1 aliphatic rings. The average Bonchev–Trinajstić information content (AvgIpc) is 2.71. The molecule has 3 rings (SSSR count). The first kappa shape index (κ1) is 24.0. The molecule has 2 aromatic rings. The fourth-order valence-corrected chi connectivity index (χ4v) is 2.90. The molecule has 1 aromatic heterocycles. The summed E-state index contributed by atoms with van der Waals surface area (Å²) >= 11 is 0. The predicted molar refractivity (Wildman–Crippen MR) is 117 cm³/mol. The first-order valence-electron chi connectivity index (χ1n) is 9.00. The number of anilines is 1. The summed E-state index contributed by atoms with van der Waals surface area (Å²) in [6.07, 6.45) is -3.05. The zero-order valence-electron chi connectivity index (χ0n) is 16.0. The van der Waals surface area contributed by atoms with Crippen molar-refractivity contribution < 1.29 is 22.3 Å². The monoisotopic (exact) mass is 539 g/mol. The summed E-state index contributed by atoms with van der Waals surface area (Å²) in [5.74, 6) is -0.0216. The first-order chi connectivity index (χ1) is 13.8. The minimum Gasteiger partial charge on any atom is -0.468 e. The van der Waals surface area contributed by atoms with Gasteiger partial charge in [0.15, 0.2) is 12.6 Å². The van der Waals surface area contributed by atoms with Gasteiger partial charge in [-0.05, 0) is 35.9 Å². The van der Waals surface area contributed by atoms with Crippen LogP contribution in [-0.2, 0) is 6.54 Å². The highest BCUT2D eigenvalue weighted by Gasteiger charge is 2.28. The van der Waals surface area contributed by atoms with Gasteiger partial charge in [-0.1, -0.05) is 0 Å². The second-order valence-electron chi connectivity index (χ2n) is 6.53. The number of ether oxygens (including phenoxy) is 1. The number of halogens is 5. The van der Waals surface area contributed by atoms with Crippen LogP contribution in [0, 0.1) is 5.82 Å². The number of alkyl halides is 3. The summed E-state index contributed by atoms with van der Waals surface area (Å²) in [6.45, 7) is 1.55. The number of pyridine rings is 1. The zero-order valence-corrected chi connectivity index (χ0v) is 18.3. The van der Waals surface area contributed by atoms with Crippen LogP contribution in [0.2, 0.25) is 0 Å². The number of piperazine rings is 1. The molecule has 1 saturated heterocycles. The molecular formula is C19H22F4IN5O. The molecule has 2 heterocycles. The fourth-order valence-electron chi connectivity index (χ4n) is 2.90. The van der Waals surface area contributed by atoms with Crippen LogP contribution in [-0.4, -0.2) is 54.8 Å². The third-order valence-electron chi connectivity index (χ3n) is 4.40. The molecule has 2 N–H and O–H groups in total. The van der Waals surface area contributed by atoms with E-state index in [0.717, 1.165) is 5.69 Å². The summed E-state index contributed by atoms with van der Waals surface area (Å²) in [4.78, 5) is 12.2. The largest absolute Gasteiger partial charge is 0.468 e. The van der Waals surface area contributed by atoms with Gasteiger partial charge in [0.05, 0.1) is 6.54 Å². The Balaban J connectivity index is 0.00000320. The Bertz CT molecular complexity index is 840. The van der Waals surface area contributed by atoms with Gasteiger partial charge in [-0.25, -0.2) is 14.4 Å². The third kappa shape index (κ3) is 7.18. The molecule has 0 unspecified atom stereocenters. The Morgan fingerprint density at radius 1 is 1.10 bits per heavy atom. The molecule has 1 aromatic carbocycles. The summed E-state index contributed by atoms with van der Waals surface area (Å²) in [7, 11) is 0. The zero-order chi connectivity index (χ0) is 20.9. The summed E-state index contributed by atoms with van der Waals surface area (Å²) in [5, 5.41) is 0. The Labute approximate surface area is 188 Å². The molecule has 164 valence electrons. The van der Waals surface area contributed by atoms with Crippen molar-refractivity contribution in [1.29, 1.82) is 0 Å². The first-order valence-corrected chi connectivity index (χ1v) is 9.00. The molecule has 0 atom stereocenters. The molecular weight excluding hydrogens is 517 g/mol. The molecule has 6 nitrogen and oxygen atoms in total. The molecule has 1 fully saturated rings. The molecule has 0 amide bonds. The van der Waals surface area contributed by atoms with Gasteiger partial charge in [0.2, 0.25) is 5.88 Å². The predicted octanol–water partition coefficient (Wildman–Crippen LogP) is 3.42. The SMILES string of the molecule is I.NC(=NCc1ccnc(OCC(F)(F)F)c1)N1CCN(c2ccc(F)cc2)CC1. The van der Waals surface area contributed by atoms with Crippen LogP contribution in [0.25, 0.3) is 0 Å². The highest BCUT2D eigenvalue weighted by atomic mass is 127. The Hall–Kier alpha value is -2.31. The minimum absolute atomic E-state index is 0. The summed E-state index contributed by atoms with van der Waals surface area (Å²) < 4.78 is 54.4. The smallest absolute Gasteiger partial charge is 0.422 e. The number of rotatable bonds is 5. The van der Waals surface area contributed by atoms with Crippen LogP contribution in [0.3, 0.4) is 0 Å². The maximum atomic E-state index is 13.0. The van der Waals surface area contributed by atoms with E-state index in [9.17, 15) is 17.6 Å². The summed E-state index contributed by atoms with van der Waals surface area (Å²) in [6, 6.07) is 9.39. The van der Waals surface area contributed by atoms with Gasteiger partial charge in [-0.2, -0.15) is 13.2 Å². The van der Waals surface area contributed by atoms with Crippen molar-refractivity contribution in [1.82, 2.24) is 9.88 Å². The van der Waals surface area contributed by atoms with Crippen molar-refractivity contribution in [2.24, 2.45) is 10.7 Å². The second-order valence-corrected chi connectivity index (χ2v) is 6.53. The average molecular weight is 539 g/mol. The van der Waals surface area contributed by atoms with Crippen LogP contribution >= 0.6 is 24.0 Å². The number of nitrogens with two attached hydrogens (primary N) is 1. The van der Waals surface area contributed by atoms with Crippen molar-refractivity contribution in [3.05, 3.63) is 54.0 Å². The lowest BCUT2D eigenvalue weighted by atomic mass is 10.2. The van der Waals surface area contributed by atoms with Gasteiger partial charge < -0.3 is 20.3 Å². The second kappa shape index (κ2) is 10.6. The van der Waals surface area contributed by atoms with Crippen molar-refractivity contribution in [2.75, 3.05) is 37.7 Å². The molecule has 1 aliphatic heterocycles. The number of guanidine groups is 1.